The van der Waals surface area contributed by atoms with Crippen molar-refractivity contribution in [3.05, 3.63) is 76.7 Å². The molecule has 0 aliphatic carbocycles. The molecular formula is C26H26ClN3O4S2. The highest BCUT2D eigenvalue weighted by Gasteiger charge is 2.29. The van der Waals surface area contributed by atoms with Gasteiger partial charge in [-0.25, -0.2) is 13.4 Å². The molecule has 0 saturated carbocycles. The summed E-state index contributed by atoms with van der Waals surface area (Å²) in [6, 6.07) is 13.4. The van der Waals surface area contributed by atoms with E-state index in [4.69, 9.17) is 21.0 Å². The van der Waals surface area contributed by atoms with Crippen molar-refractivity contribution < 1.29 is 17.6 Å². The topological polar surface area (TPSA) is 83.7 Å². The zero-order valence-corrected chi connectivity index (χ0v) is 22.4. The summed E-state index contributed by atoms with van der Waals surface area (Å²) in [6.07, 6.45) is 3.43. The first-order valence-corrected chi connectivity index (χ1v) is 14.4. The van der Waals surface area contributed by atoms with Gasteiger partial charge in [-0.1, -0.05) is 35.9 Å². The molecular weight excluding hydrogens is 518 g/mol. The SMILES string of the molecule is Cc1ccc(Cl)c2sc(N(Cc3ccco3)C(=O)c3ccc(S(=O)(=O)N4CCCC(C)C4)cc3)nc12. The fourth-order valence-corrected chi connectivity index (χ4v) is 7.34. The van der Waals surface area contributed by atoms with E-state index < -0.39 is 10.0 Å². The number of carbonyl (C=O) groups is 1. The monoisotopic (exact) mass is 543 g/mol. The van der Waals surface area contributed by atoms with Gasteiger partial charge in [0.05, 0.1) is 32.9 Å². The minimum Gasteiger partial charge on any atom is -0.467 e. The van der Waals surface area contributed by atoms with E-state index in [-0.39, 0.29) is 17.3 Å². The van der Waals surface area contributed by atoms with E-state index in [0.29, 0.717) is 40.5 Å². The highest BCUT2D eigenvalue weighted by Crippen LogP contribution is 2.37. The third kappa shape index (κ3) is 4.80. The second-order valence-corrected chi connectivity index (χ2v) is 12.5. The number of halogens is 1. The van der Waals surface area contributed by atoms with Crippen LogP contribution in [0.15, 0.2) is 64.1 Å². The Labute approximate surface area is 219 Å². The number of carbonyl (C=O) groups excluding carboxylic acids is 1. The maximum absolute atomic E-state index is 13.7. The van der Waals surface area contributed by atoms with E-state index >= 15 is 0 Å². The summed E-state index contributed by atoms with van der Waals surface area (Å²) in [5.74, 6) is 0.620. The number of furan rings is 1. The van der Waals surface area contributed by atoms with Gasteiger partial charge in [0.1, 0.15) is 5.76 Å². The maximum Gasteiger partial charge on any atom is 0.260 e. The number of hydrogen-bond acceptors (Lipinski definition) is 6. The smallest absolute Gasteiger partial charge is 0.260 e. The molecule has 2 aromatic carbocycles. The van der Waals surface area contributed by atoms with Crippen LogP contribution in [0.3, 0.4) is 0 Å². The van der Waals surface area contributed by atoms with Crippen molar-refractivity contribution in [2.45, 2.75) is 38.1 Å². The highest BCUT2D eigenvalue weighted by atomic mass is 35.5. The van der Waals surface area contributed by atoms with Gasteiger partial charge in [-0.15, -0.1) is 0 Å². The molecule has 0 N–H and O–H groups in total. The predicted octanol–water partition coefficient (Wildman–Crippen LogP) is 6.12. The minimum absolute atomic E-state index is 0.175. The number of benzene rings is 2. The minimum atomic E-state index is -3.61. The molecule has 10 heteroatoms. The van der Waals surface area contributed by atoms with Crippen molar-refractivity contribution in [2.24, 2.45) is 5.92 Å². The van der Waals surface area contributed by atoms with Gasteiger partial charge in [-0.3, -0.25) is 9.69 Å². The first-order chi connectivity index (χ1) is 17.2. The number of aromatic nitrogens is 1. The number of hydrogen-bond donors (Lipinski definition) is 0. The van der Waals surface area contributed by atoms with Crippen molar-refractivity contribution in [3.63, 3.8) is 0 Å². The van der Waals surface area contributed by atoms with Crippen molar-refractivity contribution in [3.8, 4) is 0 Å². The number of sulfonamides is 1. The van der Waals surface area contributed by atoms with Crippen molar-refractivity contribution in [1.82, 2.24) is 9.29 Å². The van der Waals surface area contributed by atoms with Gasteiger partial charge < -0.3 is 4.42 Å². The molecule has 0 spiro atoms. The number of amides is 1. The van der Waals surface area contributed by atoms with Crippen LogP contribution in [0.2, 0.25) is 5.02 Å². The Morgan fingerprint density at radius 2 is 2.00 bits per heavy atom. The van der Waals surface area contributed by atoms with Crippen LogP contribution in [-0.4, -0.2) is 36.7 Å². The average Bonchev–Trinajstić information content (AvgIpc) is 3.55. The molecule has 1 saturated heterocycles. The van der Waals surface area contributed by atoms with Crippen LogP contribution in [0.25, 0.3) is 10.2 Å². The normalized spacial score (nSPS) is 16.9. The van der Waals surface area contributed by atoms with E-state index in [1.807, 2.05) is 19.1 Å². The Kier molecular flexibility index (Phi) is 6.91. The number of thiazole rings is 1. The Bertz CT molecular complexity index is 1460. The third-order valence-electron chi connectivity index (χ3n) is 6.41. The van der Waals surface area contributed by atoms with Crippen LogP contribution in [0.5, 0.6) is 0 Å². The number of nitrogens with zero attached hydrogens (tertiary/aromatic N) is 3. The summed E-state index contributed by atoms with van der Waals surface area (Å²) in [4.78, 5) is 20.1. The fraction of sp³-hybridized carbons (Fsp3) is 0.308. The lowest BCUT2D eigenvalue weighted by Gasteiger charge is -2.30. The van der Waals surface area contributed by atoms with Crippen molar-refractivity contribution in [1.29, 1.82) is 0 Å². The van der Waals surface area contributed by atoms with Gasteiger partial charge in [0.15, 0.2) is 5.13 Å². The Morgan fingerprint density at radius 3 is 2.67 bits per heavy atom. The summed E-state index contributed by atoms with van der Waals surface area (Å²) in [7, 11) is -3.61. The van der Waals surface area contributed by atoms with Crippen molar-refractivity contribution in [2.75, 3.05) is 18.0 Å². The standard InChI is InChI=1S/C26H26ClN3O4S2/c1-17-5-3-13-29(15-17)36(32,33)21-10-8-19(9-11-21)25(31)30(16-20-6-4-14-34-20)26-28-23-18(2)7-12-22(27)24(23)35-26/h4,6-12,14,17H,3,5,13,15-16H2,1-2H3. The van der Waals surface area contributed by atoms with Crippen molar-refractivity contribution >= 4 is 54.2 Å². The lowest BCUT2D eigenvalue weighted by atomic mass is 10.0. The Morgan fingerprint density at radius 1 is 1.22 bits per heavy atom. The van der Waals surface area contributed by atoms with Crippen LogP contribution < -0.4 is 4.90 Å². The van der Waals surface area contributed by atoms with Gasteiger partial charge in [-0.2, -0.15) is 4.31 Å². The Hall–Kier alpha value is -2.72. The first kappa shape index (κ1) is 25.0. The number of piperidine rings is 1. The van der Waals surface area contributed by atoms with E-state index in [1.54, 1.807) is 30.5 Å². The lowest BCUT2D eigenvalue weighted by molar-refractivity contribution is 0.0983. The van der Waals surface area contributed by atoms with E-state index in [0.717, 1.165) is 28.6 Å². The molecule has 1 unspecified atom stereocenters. The molecule has 4 aromatic rings. The quantitative estimate of drug-likeness (QED) is 0.292. The predicted molar refractivity (Wildman–Crippen MR) is 142 cm³/mol. The van der Waals surface area contributed by atoms with Gasteiger partial charge >= 0.3 is 0 Å². The van der Waals surface area contributed by atoms with E-state index in [2.05, 4.69) is 6.92 Å². The van der Waals surface area contributed by atoms with Gasteiger partial charge in [-0.05, 0) is 73.7 Å². The largest absolute Gasteiger partial charge is 0.467 e. The van der Waals surface area contributed by atoms with Gasteiger partial charge in [0, 0.05) is 18.7 Å². The maximum atomic E-state index is 13.7. The summed E-state index contributed by atoms with van der Waals surface area (Å²) in [6.45, 7) is 5.22. The van der Waals surface area contributed by atoms with E-state index in [9.17, 15) is 13.2 Å². The summed E-state index contributed by atoms with van der Waals surface area (Å²) < 4.78 is 34.1. The lowest BCUT2D eigenvalue weighted by Crippen LogP contribution is -2.39. The second-order valence-electron chi connectivity index (χ2n) is 9.14. The van der Waals surface area contributed by atoms with Crippen LogP contribution in [0, 0.1) is 12.8 Å². The molecule has 1 aliphatic rings. The molecule has 1 amide bonds. The molecule has 36 heavy (non-hydrogen) atoms. The average molecular weight is 544 g/mol. The molecule has 7 nitrogen and oxygen atoms in total. The molecule has 3 heterocycles. The molecule has 0 bridgehead atoms. The number of rotatable bonds is 6. The zero-order valence-electron chi connectivity index (χ0n) is 20.0. The molecule has 0 radical (unpaired) electrons. The molecule has 188 valence electrons. The van der Waals surface area contributed by atoms with Crippen LogP contribution in [0.1, 0.15) is 41.4 Å². The fourth-order valence-electron chi connectivity index (χ4n) is 4.43. The highest BCUT2D eigenvalue weighted by molar-refractivity contribution is 7.89. The molecule has 1 aliphatic heterocycles. The molecule has 2 aromatic heterocycles. The molecule has 1 atom stereocenters. The van der Waals surface area contributed by atoms with Gasteiger partial charge in [0.25, 0.3) is 5.91 Å². The summed E-state index contributed by atoms with van der Waals surface area (Å²) in [5, 5.41) is 1.06. The van der Waals surface area contributed by atoms with Gasteiger partial charge in [0.2, 0.25) is 10.0 Å². The summed E-state index contributed by atoms with van der Waals surface area (Å²) in [5.41, 5.74) is 2.07. The number of aryl methyl sites for hydroxylation is 1. The van der Waals surface area contributed by atoms with Crippen LogP contribution in [0.4, 0.5) is 5.13 Å². The van der Waals surface area contributed by atoms with E-state index in [1.165, 1.54) is 32.7 Å². The Balaban J connectivity index is 1.47. The number of anilines is 1. The second kappa shape index (κ2) is 9.97. The van der Waals surface area contributed by atoms with Crippen LogP contribution >= 0.6 is 22.9 Å². The number of fused-ring (bicyclic) bond motifs is 1. The first-order valence-electron chi connectivity index (χ1n) is 11.7. The van der Waals surface area contributed by atoms with Crippen LogP contribution in [-0.2, 0) is 16.6 Å². The zero-order chi connectivity index (χ0) is 25.4. The molecule has 5 rings (SSSR count). The summed E-state index contributed by atoms with van der Waals surface area (Å²) >= 11 is 7.74. The molecule has 1 fully saturated rings. The third-order valence-corrected chi connectivity index (χ3v) is 9.83.